The molecule has 4 heteroatoms. The fraction of sp³-hybridized carbons (Fsp3) is 0.929. The zero-order valence-electron chi connectivity index (χ0n) is 11.4. The molecule has 104 valence electrons. The smallest absolute Gasteiger partial charge is 0.227 e. The van der Waals surface area contributed by atoms with Gasteiger partial charge in [-0.15, -0.1) is 0 Å². The van der Waals surface area contributed by atoms with E-state index in [-0.39, 0.29) is 17.9 Å². The number of amides is 1. The lowest BCUT2D eigenvalue weighted by atomic mass is 9.87. The number of rotatable bonds is 5. The van der Waals surface area contributed by atoms with Crippen molar-refractivity contribution in [3.8, 4) is 0 Å². The molecule has 1 aliphatic carbocycles. The molecule has 2 N–H and O–H groups in total. The summed E-state index contributed by atoms with van der Waals surface area (Å²) < 4.78 is 5.35. The Morgan fingerprint density at radius 3 is 2.72 bits per heavy atom. The zero-order valence-corrected chi connectivity index (χ0v) is 11.4. The molecule has 4 nitrogen and oxygen atoms in total. The van der Waals surface area contributed by atoms with Crippen LogP contribution in [0.15, 0.2) is 0 Å². The van der Waals surface area contributed by atoms with Crippen molar-refractivity contribution in [3.63, 3.8) is 0 Å². The van der Waals surface area contributed by atoms with Gasteiger partial charge in [-0.1, -0.05) is 32.1 Å². The fourth-order valence-corrected chi connectivity index (χ4v) is 3.10. The molecule has 0 bridgehead atoms. The molecule has 2 fully saturated rings. The van der Waals surface area contributed by atoms with Crippen LogP contribution < -0.4 is 10.6 Å². The zero-order chi connectivity index (χ0) is 12.8. The van der Waals surface area contributed by atoms with Gasteiger partial charge in [-0.2, -0.15) is 0 Å². The first-order valence-electron chi connectivity index (χ1n) is 7.34. The van der Waals surface area contributed by atoms with Crippen LogP contribution in [0.4, 0.5) is 0 Å². The molecule has 0 spiro atoms. The average molecular weight is 254 g/mol. The first kappa shape index (κ1) is 13.8. The number of nitrogens with one attached hydrogen (secondary N) is 2. The summed E-state index contributed by atoms with van der Waals surface area (Å²) in [7, 11) is 1.89. The molecule has 2 rings (SSSR count). The minimum absolute atomic E-state index is 0.0126. The topological polar surface area (TPSA) is 50.4 Å². The molecule has 0 radical (unpaired) electrons. The monoisotopic (exact) mass is 254 g/mol. The quantitative estimate of drug-likeness (QED) is 0.777. The van der Waals surface area contributed by atoms with Crippen LogP contribution in [-0.2, 0) is 9.53 Å². The summed E-state index contributed by atoms with van der Waals surface area (Å²) in [5.41, 5.74) is 0. The highest BCUT2D eigenvalue weighted by Gasteiger charge is 2.32. The van der Waals surface area contributed by atoms with E-state index >= 15 is 0 Å². The van der Waals surface area contributed by atoms with Gasteiger partial charge < -0.3 is 15.4 Å². The maximum Gasteiger partial charge on any atom is 0.227 e. The van der Waals surface area contributed by atoms with Gasteiger partial charge in [0.05, 0.1) is 19.1 Å². The molecule has 1 saturated heterocycles. The van der Waals surface area contributed by atoms with E-state index in [1.165, 1.54) is 32.1 Å². The number of likely N-dealkylation sites (N-methyl/N-ethyl adjacent to an activating group) is 1. The van der Waals surface area contributed by atoms with E-state index in [4.69, 9.17) is 4.74 Å². The van der Waals surface area contributed by atoms with Crippen molar-refractivity contribution in [3.05, 3.63) is 0 Å². The highest BCUT2D eigenvalue weighted by molar-refractivity contribution is 5.79. The van der Waals surface area contributed by atoms with Gasteiger partial charge in [-0.3, -0.25) is 4.79 Å². The molecule has 1 aliphatic heterocycles. The average Bonchev–Trinajstić information content (AvgIpc) is 2.88. The summed E-state index contributed by atoms with van der Waals surface area (Å²) in [5.74, 6) is 0.975. The second-order valence-corrected chi connectivity index (χ2v) is 5.62. The van der Waals surface area contributed by atoms with Crippen LogP contribution in [0, 0.1) is 11.8 Å². The van der Waals surface area contributed by atoms with Crippen molar-refractivity contribution in [1.82, 2.24) is 10.6 Å². The van der Waals surface area contributed by atoms with E-state index in [1.54, 1.807) is 0 Å². The van der Waals surface area contributed by atoms with Crippen LogP contribution >= 0.6 is 0 Å². The van der Waals surface area contributed by atoms with Gasteiger partial charge in [0.25, 0.3) is 0 Å². The Kier molecular flexibility index (Phi) is 5.45. The molecule has 1 amide bonds. The van der Waals surface area contributed by atoms with Gasteiger partial charge in [0.15, 0.2) is 0 Å². The molecule has 1 heterocycles. The second kappa shape index (κ2) is 7.10. The Morgan fingerprint density at radius 2 is 2.00 bits per heavy atom. The largest absolute Gasteiger partial charge is 0.379 e. The van der Waals surface area contributed by atoms with Crippen molar-refractivity contribution in [2.75, 3.05) is 26.8 Å². The molecular weight excluding hydrogens is 228 g/mol. The van der Waals surface area contributed by atoms with Crippen LogP contribution in [0.2, 0.25) is 0 Å². The van der Waals surface area contributed by atoms with E-state index in [0.29, 0.717) is 13.2 Å². The molecule has 0 aromatic rings. The third-order valence-corrected chi connectivity index (χ3v) is 4.36. The summed E-state index contributed by atoms with van der Waals surface area (Å²) in [6.07, 6.45) is 7.98. The van der Waals surface area contributed by atoms with Crippen molar-refractivity contribution < 1.29 is 9.53 Å². The first-order chi connectivity index (χ1) is 8.81. The lowest BCUT2D eigenvalue weighted by Crippen LogP contribution is -2.43. The molecule has 2 aliphatic rings. The van der Waals surface area contributed by atoms with Gasteiger partial charge in [0, 0.05) is 12.6 Å². The molecular formula is C14H26N2O2. The van der Waals surface area contributed by atoms with Gasteiger partial charge in [-0.05, 0) is 19.4 Å². The molecule has 0 aromatic carbocycles. The Labute approximate surface area is 110 Å². The Morgan fingerprint density at radius 1 is 1.22 bits per heavy atom. The third-order valence-electron chi connectivity index (χ3n) is 4.36. The summed E-state index contributed by atoms with van der Waals surface area (Å²) in [5, 5.41) is 6.23. The van der Waals surface area contributed by atoms with Gasteiger partial charge in [-0.25, -0.2) is 0 Å². The molecule has 0 aromatic heterocycles. The fourth-order valence-electron chi connectivity index (χ4n) is 3.10. The number of carbonyl (C=O) groups excluding carboxylic acids is 1. The maximum atomic E-state index is 12.0. The number of ether oxygens (including phenoxy) is 1. The number of carbonyl (C=O) groups is 1. The van der Waals surface area contributed by atoms with Crippen molar-refractivity contribution >= 4 is 5.91 Å². The minimum Gasteiger partial charge on any atom is -0.379 e. The predicted octanol–water partition coefficient (Wildman–Crippen LogP) is 1.31. The number of hydrogen-bond donors (Lipinski definition) is 2. The molecule has 2 unspecified atom stereocenters. The van der Waals surface area contributed by atoms with Crippen molar-refractivity contribution in [1.29, 1.82) is 0 Å². The van der Waals surface area contributed by atoms with Crippen molar-refractivity contribution in [2.24, 2.45) is 11.8 Å². The summed E-state index contributed by atoms with van der Waals surface area (Å²) in [4.78, 5) is 12.0. The molecule has 1 saturated carbocycles. The van der Waals surface area contributed by atoms with E-state index < -0.39 is 0 Å². The van der Waals surface area contributed by atoms with Crippen LogP contribution in [0.25, 0.3) is 0 Å². The first-order valence-corrected chi connectivity index (χ1v) is 7.34. The summed E-state index contributed by atoms with van der Waals surface area (Å²) in [6, 6.07) is 0.180. The standard InChI is InChI=1S/C14H26N2O2/c1-15-13-10-18-9-12(13)14(17)16-8-7-11-5-3-2-4-6-11/h11-13,15H,2-10H2,1H3,(H,16,17). The van der Waals surface area contributed by atoms with Crippen molar-refractivity contribution in [2.45, 2.75) is 44.6 Å². The third kappa shape index (κ3) is 3.69. The van der Waals surface area contributed by atoms with Gasteiger partial charge >= 0.3 is 0 Å². The lowest BCUT2D eigenvalue weighted by Gasteiger charge is -2.22. The SMILES string of the molecule is CNC1COCC1C(=O)NCCC1CCCCC1. The normalized spacial score (nSPS) is 29.4. The second-order valence-electron chi connectivity index (χ2n) is 5.62. The maximum absolute atomic E-state index is 12.0. The van der Waals surface area contributed by atoms with E-state index in [9.17, 15) is 4.79 Å². The van der Waals surface area contributed by atoms with E-state index in [2.05, 4.69) is 10.6 Å². The summed E-state index contributed by atoms with van der Waals surface area (Å²) >= 11 is 0. The Bertz CT molecular complexity index is 265. The number of hydrogen-bond acceptors (Lipinski definition) is 3. The minimum atomic E-state index is -0.0126. The molecule has 2 atom stereocenters. The van der Waals surface area contributed by atoms with Crippen LogP contribution in [0.3, 0.4) is 0 Å². The summed E-state index contributed by atoms with van der Waals surface area (Å²) in [6.45, 7) is 2.04. The van der Waals surface area contributed by atoms with Crippen LogP contribution in [-0.4, -0.2) is 38.8 Å². The molecule has 18 heavy (non-hydrogen) atoms. The van der Waals surface area contributed by atoms with Crippen LogP contribution in [0.1, 0.15) is 38.5 Å². The lowest BCUT2D eigenvalue weighted by molar-refractivity contribution is -0.125. The Balaban J connectivity index is 1.64. The highest BCUT2D eigenvalue weighted by Crippen LogP contribution is 2.25. The highest BCUT2D eigenvalue weighted by atomic mass is 16.5. The Hall–Kier alpha value is -0.610. The van der Waals surface area contributed by atoms with Crippen LogP contribution in [0.5, 0.6) is 0 Å². The van der Waals surface area contributed by atoms with Gasteiger partial charge in [0.2, 0.25) is 5.91 Å². The predicted molar refractivity (Wildman–Crippen MR) is 71.4 cm³/mol. The van der Waals surface area contributed by atoms with Gasteiger partial charge in [0.1, 0.15) is 0 Å². The van der Waals surface area contributed by atoms with E-state index in [0.717, 1.165) is 18.9 Å². The van der Waals surface area contributed by atoms with E-state index in [1.807, 2.05) is 7.05 Å².